The van der Waals surface area contributed by atoms with Gasteiger partial charge in [0.05, 0.1) is 18.0 Å². The predicted molar refractivity (Wildman–Crippen MR) is 147 cm³/mol. The number of allylic oxidation sites excluding steroid dienone is 3. The van der Waals surface area contributed by atoms with Crippen molar-refractivity contribution in [2.24, 2.45) is 4.99 Å². The van der Waals surface area contributed by atoms with Gasteiger partial charge < -0.3 is 15.4 Å². The van der Waals surface area contributed by atoms with Gasteiger partial charge in [0.1, 0.15) is 11.6 Å². The minimum Gasteiger partial charge on any atom is -0.462 e. The summed E-state index contributed by atoms with van der Waals surface area (Å²) in [7, 11) is 0. The number of carbonyl (C=O) groups is 1. The molecule has 0 heterocycles. The van der Waals surface area contributed by atoms with Crippen molar-refractivity contribution in [2.75, 3.05) is 6.54 Å². The molecule has 1 aromatic rings. The lowest BCUT2D eigenvalue weighted by molar-refractivity contribution is -0.120. The van der Waals surface area contributed by atoms with E-state index in [1.807, 2.05) is 44.2 Å². The van der Waals surface area contributed by atoms with Crippen LogP contribution in [0.1, 0.15) is 90.7 Å². The second-order valence-corrected chi connectivity index (χ2v) is 8.75. The maximum atomic E-state index is 12.7. The number of nitrogens with zero attached hydrogens (tertiary/aromatic N) is 1. The number of ether oxygens (including phenoxy) is 1. The fourth-order valence-corrected chi connectivity index (χ4v) is 3.79. The normalized spacial score (nSPS) is 13.6. The molecule has 0 saturated heterocycles. The molecule has 2 N–H and O–H groups in total. The van der Waals surface area contributed by atoms with Gasteiger partial charge in [0.15, 0.2) is 0 Å². The number of rotatable bonds is 16. The van der Waals surface area contributed by atoms with Gasteiger partial charge in [-0.05, 0) is 57.4 Å². The molecule has 1 amide bonds. The van der Waals surface area contributed by atoms with E-state index in [0.29, 0.717) is 23.7 Å². The standard InChI is InChI=1S/C29H43F2N3O2/c1-7-11-12-13-15-25(32-20-28(30)31)19-29(35)34-22(6)33-26-18-24(17-16-23(26)9-3)27(10-4)36-21(5)14-8-2/h9-10,14,16-18,25,28,32H,3,7-8,11-13,15,19-20H2,1-2,4-6H3,(H,33,34,35)/b21-14+,27-10-. The van der Waals surface area contributed by atoms with Gasteiger partial charge in [-0.15, -0.1) is 0 Å². The number of hydrogen-bond donors (Lipinski definition) is 2. The predicted octanol–water partition coefficient (Wildman–Crippen LogP) is 7.77. The third-order valence-corrected chi connectivity index (χ3v) is 5.57. The molecular formula is C29H43F2N3O2. The highest BCUT2D eigenvalue weighted by molar-refractivity contribution is 5.98. The summed E-state index contributed by atoms with van der Waals surface area (Å²) in [6.45, 7) is 13.1. The monoisotopic (exact) mass is 503 g/mol. The third-order valence-electron chi connectivity index (χ3n) is 5.57. The Balaban J connectivity index is 2.97. The Hall–Kier alpha value is -2.80. The van der Waals surface area contributed by atoms with Crippen LogP contribution in [-0.2, 0) is 9.53 Å². The van der Waals surface area contributed by atoms with Crippen LogP contribution in [0.2, 0.25) is 0 Å². The minimum absolute atomic E-state index is 0.111. The molecule has 0 aromatic heterocycles. The molecule has 1 aromatic carbocycles. The molecule has 0 spiro atoms. The number of amidine groups is 1. The first-order valence-electron chi connectivity index (χ1n) is 12.9. The van der Waals surface area contributed by atoms with Gasteiger partial charge in [-0.1, -0.05) is 64.3 Å². The molecule has 0 saturated carbocycles. The molecule has 0 aliphatic rings. The second kappa shape index (κ2) is 17.6. The average Bonchev–Trinajstić information content (AvgIpc) is 2.83. The first-order valence-corrected chi connectivity index (χ1v) is 12.9. The second-order valence-electron chi connectivity index (χ2n) is 8.75. The van der Waals surface area contributed by atoms with Crippen molar-refractivity contribution >= 4 is 29.3 Å². The quantitative estimate of drug-likeness (QED) is 0.105. The average molecular weight is 504 g/mol. The highest BCUT2D eigenvalue weighted by Crippen LogP contribution is 2.28. The molecular weight excluding hydrogens is 460 g/mol. The van der Waals surface area contributed by atoms with E-state index >= 15 is 0 Å². The number of alkyl halides is 2. The van der Waals surface area contributed by atoms with E-state index in [-0.39, 0.29) is 18.4 Å². The Morgan fingerprint density at radius 3 is 2.56 bits per heavy atom. The zero-order valence-electron chi connectivity index (χ0n) is 22.5. The Morgan fingerprint density at radius 2 is 1.94 bits per heavy atom. The van der Waals surface area contributed by atoms with E-state index in [2.05, 4.69) is 36.1 Å². The van der Waals surface area contributed by atoms with Crippen LogP contribution in [0.4, 0.5) is 14.5 Å². The van der Waals surface area contributed by atoms with Gasteiger partial charge in [-0.3, -0.25) is 4.79 Å². The summed E-state index contributed by atoms with van der Waals surface area (Å²) in [6, 6.07) is 5.44. The van der Waals surface area contributed by atoms with Crippen molar-refractivity contribution in [3.8, 4) is 0 Å². The zero-order chi connectivity index (χ0) is 26.9. The summed E-state index contributed by atoms with van der Waals surface area (Å²) in [5.74, 6) is 1.69. The maximum Gasteiger partial charge on any atom is 0.250 e. The van der Waals surface area contributed by atoms with Crippen molar-refractivity contribution in [3.05, 3.63) is 53.8 Å². The molecule has 0 bridgehead atoms. The van der Waals surface area contributed by atoms with E-state index < -0.39 is 13.0 Å². The third kappa shape index (κ3) is 12.2. The van der Waals surface area contributed by atoms with Crippen LogP contribution in [0.5, 0.6) is 0 Å². The van der Waals surface area contributed by atoms with E-state index in [9.17, 15) is 13.6 Å². The number of amides is 1. The van der Waals surface area contributed by atoms with Gasteiger partial charge in [0, 0.05) is 18.0 Å². The largest absolute Gasteiger partial charge is 0.462 e. The van der Waals surface area contributed by atoms with Crippen LogP contribution in [0.15, 0.2) is 47.7 Å². The molecule has 1 rings (SSSR count). The Labute approximate surface area is 215 Å². The van der Waals surface area contributed by atoms with Crippen LogP contribution in [0.25, 0.3) is 11.8 Å². The van der Waals surface area contributed by atoms with Crippen molar-refractivity contribution in [1.29, 1.82) is 0 Å². The number of halogens is 2. The van der Waals surface area contributed by atoms with Crippen LogP contribution in [0, 0.1) is 0 Å². The van der Waals surface area contributed by atoms with Crippen molar-refractivity contribution < 1.29 is 18.3 Å². The smallest absolute Gasteiger partial charge is 0.250 e. The van der Waals surface area contributed by atoms with Gasteiger partial charge in [0.2, 0.25) is 5.91 Å². The van der Waals surface area contributed by atoms with Crippen molar-refractivity contribution in [1.82, 2.24) is 10.6 Å². The topological polar surface area (TPSA) is 62.7 Å². The van der Waals surface area contributed by atoms with Crippen LogP contribution >= 0.6 is 0 Å². The summed E-state index contributed by atoms with van der Waals surface area (Å²) in [6.07, 6.45) is 8.93. The summed E-state index contributed by atoms with van der Waals surface area (Å²) in [5, 5.41) is 5.64. The van der Waals surface area contributed by atoms with Crippen molar-refractivity contribution in [2.45, 2.75) is 92.0 Å². The zero-order valence-corrected chi connectivity index (χ0v) is 22.5. The molecule has 5 nitrogen and oxygen atoms in total. The minimum atomic E-state index is -2.45. The number of nitrogens with one attached hydrogen (secondary N) is 2. The maximum absolute atomic E-state index is 12.7. The Morgan fingerprint density at radius 1 is 1.19 bits per heavy atom. The number of benzene rings is 1. The molecule has 1 atom stereocenters. The van der Waals surface area contributed by atoms with Gasteiger partial charge in [0.25, 0.3) is 6.43 Å². The van der Waals surface area contributed by atoms with Gasteiger partial charge in [-0.2, -0.15) is 0 Å². The fraction of sp³-hybridized carbons (Fsp3) is 0.517. The molecule has 0 aliphatic heterocycles. The molecule has 36 heavy (non-hydrogen) atoms. The van der Waals surface area contributed by atoms with Gasteiger partial charge >= 0.3 is 0 Å². The lowest BCUT2D eigenvalue weighted by atomic mass is 10.0. The van der Waals surface area contributed by atoms with E-state index in [1.54, 1.807) is 13.0 Å². The van der Waals surface area contributed by atoms with E-state index in [1.165, 1.54) is 0 Å². The lowest BCUT2D eigenvalue weighted by Crippen LogP contribution is -2.39. The molecule has 200 valence electrons. The number of aliphatic imine (C=N–C) groups is 1. The Kier molecular flexibility index (Phi) is 15.3. The summed E-state index contributed by atoms with van der Waals surface area (Å²) in [5.41, 5.74) is 2.32. The highest BCUT2D eigenvalue weighted by Gasteiger charge is 2.16. The van der Waals surface area contributed by atoms with E-state index in [4.69, 9.17) is 4.74 Å². The SMILES string of the molecule is C=Cc1ccc(/C(=C/C)O/C(C)=C/CC)cc1N=C(C)NC(=O)CC(CCCCCC)NCC(F)F. The van der Waals surface area contributed by atoms with Gasteiger partial charge in [-0.25, -0.2) is 13.8 Å². The Bertz CT molecular complexity index is 923. The molecule has 1 unspecified atom stereocenters. The van der Waals surface area contributed by atoms with Crippen LogP contribution in [0.3, 0.4) is 0 Å². The fourth-order valence-electron chi connectivity index (χ4n) is 3.79. The first-order chi connectivity index (χ1) is 17.2. The first kappa shape index (κ1) is 31.2. The highest BCUT2D eigenvalue weighted by atomic mass is 19.3. The van der Waals surface area contributed by atoms with Crippen LogP contribution in [-0.4, -0.2) is 30.8 Å². The number of hydrogen-bond acceptors (Lipinski definition) is 4. The molecule has 0 radical (unpaired) electrons. The summed E-state index contributed by atoms with van der Waals surface area (Å²) >= 11 is 0. The van der Waals surface area contributed by atoms with E-state index in [0.717, 1.165) is 49.0 Å². The summed E-state index contributed by atoms with van der Waals surface area (Å²) < 4.78 is 31.4. The van der Waals surface area contributed by atoms with Crippen LogP contribution < -0.4 is 10.6 Å². The number of carbonyl (C=O) groups excluding carboxylic acids is 1. The molecule has 0 aliphatic carbocycles. The van der Waals surface area contributed by atoms with Crippen molar-refractivity contribution in [3.63, 3.8) is 0 Å². The number of unbranched alkanes of at least 4 members (excludes halogenated alkanes) is 3. The lowest BCUT2D eigenvalue weighted by Gasteiger charge is -2.18. The molecule has 0 fully saturated rings. The summed E-state index contributed by atoms with van der Waals surface area (Å²) in [4.78, 5) is 17.3. The molecule has 7 heteroatoms.